The first kappa shape index (κ1) is 14.4. The van der Waals surface area contributed by atoms with Gasteiger partial charge in [-0.3, -0.25) is 4.90 Å². The van der Waals surface area contributed by atoms with Crippen molar-refractivity contribution >= 4 is 36.5 Å². The van der Waals surface area contributed by atoms with Crippen LogP contribution in [0.4, 0.5) is 5.13 Å². The summed E-state index contributed by atoms with van der Waals surface area (Å²) < 4.78 is 24.5. The molecular weight excluding hydrogens is 318 g/mol. The number of thiazole rings is 1. The average molecular weight is 337 g/mol. The van der Waals surface area contributed by atoms with Gasteiger partial charge in [-0.25, -0.2) is 13.4 Å². The predicted octanol–water partition coefficient (Wildman–Crippen LogP) is 1.61. The van der Waals surface area contributed by atoms with E-state index >= 15 is 0 Å². The number of piperazine rings is 1. The highest BCUT2D eigenvalue weighted by Crippen LogP contribution is 2.29. The third kappa shape index (κ3) is 2.73. The number of hydrogen-bond acceptors (Lipinski definition) is 6. The zero-order chi connectivity index (χ0) is 15.2. The lowest BCUT2D eigenvalue weighted by Crippen LogP contribution is -2.50. The topological polar surface area (TPSA) is 53.5 Å². The van der Waals surface area contributed by atoms with Crippen LogP contribution in [0.25, 0.3) is 10.2 Å². The molecular formula is C15H19N3O2S2. The number of rotatable bonds is 2. The summed E-state index contributed by atoms with van der Waals surface area (Å²) in [6, 6.07) is 8.44. The van der Waals surface area contributed by atoms with Crippen LogP contribution in [0.2, 0.25) is 0 Å². The normalized spacial score (nSPS) is 25.8. The Hall–Kier alpha value is -1.18. The number of hydrogen-bond donors (Lipinski definition) is 0. The van der Waals surface area contributed by atoms with Gasteiger partial charge in [-0.2, -0.15) is 0 Å². The first-order valence-corrected chi connectivity index (χ1v) is 10.3. The van der Waals surface area contributed by atoms with Crippen LogP contribution in [0.1, 0.15) is 6.42 Å². The minimum atomic E-state index is -2.79. The Morgan fingerprint density at radius 1 is 1.14 bits per heavy atom. The Balaban J connectivity index is 1.43. The van der Waals surface area contributed by atoms with Crippen LogP contribution < -0.4 is 4.90 Å². The molecule has 2 aliphatic heterocycles. The lowest BCUT2D eigenvalue weighted by atomic mass is 10.2. The summed E-state index contributed by atoms with van der Waals surface area (Å²) in [6.45, 7) is 3.71. The van der Waals surface area contributed by atoms with Gasteiger partial charge in [0.1, 0.15) is 0 Å². The summed E-state index contributed by atoms with van der Waals surface area (Å²) in [5, 5.41) is 1.08. The van der Waals surface area contributed by atoms with Gasteiger partial charge in [-0.15, -0.1) is 0 Å². The van der Waals surface area contributed by atoms with Gasteiger partial charge in [0.15, 0.2) is 15.0 Å². The molecule has 1 aromatic heterocycles. The minimum Gasteiger partial charge on any atom is -0.345 e. The fraction of sp³-hybridized carbons (Fsp3) is 0.533. The Labute approximate surface area is 134 Å². The molecule has 0 N–H and O–H groups in total. The van der Waals surface area contributed by atoms with Gasteiger partial charge >= 0.3 is 0 Å². The number of aromatic nitrogens is 1. The minimum absolute atomic E-state index is 0.225. The lowest BCUT2D eigenvalue weighted by molar-refractivity contribution is 0.200. The Morgan fingerprint density at radius 3 is 2.59 bits per heavy atom. The summed E-state index contributed by atoms with van der Waals surface area (Å²) in [5.74, 6) is 0.698. The molecule has 0 saturated carbocycles. The molecule has 0 amide bonds. The maximum absolute atomic E-state index is 11.6. The molecule has 7 heteroatoms. The van der Waals surface area contributed by atoms with E-state index in [9.17, 15) is 8.42 Å². The SMILES string of the molecule is O=S1(=O)CCC(N2CCN(c3nc4ccccc4s3)CC2)C1. The average Bonchev–Trinajstić information content (AvgIpc) is 3.10. The third-order valence-corrected chi connectivity index (χ3v) is 7.44. The van der Waals surface area contributed by atoms with Crippen LogP contribution in [-0.2, 0) is 9.84 Å². The van der Waals surface area contributed by atoms with E-state index in [0.717, 1.165) is 43.2 Å². The molecule has 0 aliphatic carbocycles. The van der Waals surface area contributed by atoms with Gasteiger partial charge in [-0.05, 0) is 18.6 Å². The van der Waals surface area contributed by atoms with E-state index in [0.29, 0.717) is 11.5 Å². The van der Waals surface area contributed by atoms with E-state index in [1.807, 2.05) is 12.1 Å². The predicted molar refractivity (Wildman–Crippen MR) is 90.5 cm³/mol. The summed E-state index contributed by atoms with van der Waals surface area (Å²) in [4.78, 5) is 9.38. The maximum atomic E-state index is 11.6. The summed E-state index contributed by atoms with van der Waals surface area (Å²) in [6.07, 6.45) is 0.795. The summed E-state index contributed by atoms with van der Waals surface area (Å²) in [7, 11) is -2.79. The van der Waals surface area contributed by atoms with Crippen molar-refractivity contribution in [2.75, 3.05) is 42.6 Å². The van der Waals surface area contributed by atoms with E-state index in [-0.39, 0.29) is 6.04 Å². The van der Waals surface area contributed by atoms with Crippen molar-refractivity contribution in [1.82, 2.24) is 9.88 Å². The van der Waals surface area contributed by atoms with E-state index in [2.05, 4.69) is 21.9 Å². The van der Waals surface area contributed by atoms with Crippen LogP contribution >= 0.6 is 11.3 Å². The molecule has 0 spiro atoms. The molecule has 2 fully saturated rings. The molecule has 2 aliphatic rings. The zero-order valence-electron chi connectivity index (χ0n) is 12.3. The number of para-hydroxylation sites is 1. The Bertz CT molecular complexity index is 746. The fourth-order valence-electron chi connectivity index (χ4n) is 3.34. The molecule has 22 heavy (non-hydrogen) atoms. The Morgan fingerprint density at radius 2 is 1.91 bits per heavy atom. The molecule has 1 aromatic carbocycles. The van der Waals surface area contributed by atoms with Crippen molar-refractivity contribution in [1.29, 1.82) is 0 Å². The fourth-order valence-corrected chi connectivity index (χ4v) is 6.12. The number of nitrogens with zero attached hydrogens (tertiary/aromatic N) is 3. The quantitative estimate of drug-likeness (QED) is 0.833. The van der Waals surface area contributed by atoms with E-state index < -0.39 is 9.84 Å². The van der Waals surface area contributed by atoms with Crippen LogP contribution in [0, 0.1) is 0 Å². The largest absolute Gasteiger partial charge is 0.345 e. The van der Waals surface area contributed by atoms with Crippen LogP contribution in [0.3, 0.4) is 0 Å². The Kier molecular flexibility index (Phi) is 3.58. The van der Waals surface area contributed by atoms with Gasteiger partial charge in [-0.1, -0.05) is 23.5 Å². The van der Waals surface area contributed by atoms with Crippen molar-refractivity contribution in [2.24, 2.45) is 0 Å². The van der Waals surface area contributed by atoms with Gasteiger partial charge in [0.25, 0.3) is 0 Å². The number of sulfone groups is 1. The maximum Gasteiger partial charge on any atom is 0.186 e. The second-order valence-corrected chi connectivity index (χ2v) is 9.28. The molecule has 5 nitrogen and oxygen atoms in total. The van der Waals surface area contributed by atoms with Crippen molar-refractivity contribution < 1.29 is 8.42 Å². The van der Waals surface area contributed by atoms with Gasteiger partial charge in [0.05, 0.1) is 21.7 Å². The van der Waals surface area contributed by atoms with E-state index in [4.69, 9.17) is 4.98 Å². The highest BCUT2D eigenvalue weighted by atomic mass is 32.2. The molecule has 2 aromatic rings. The molecule has 0 radical (unpaired) electrons. The molecule has 4 rings (SSSR count). The molecule has 0 bridgehead atoms. The second-order valence-electron chi connectivity index (χ2n) is 6.04. The number of fused-ring (bicyclic) bond motifs is 1. The highest BCUT2D eigenvalue weighted by molar-refractivity contribution is 7.91. The molecule has 1 unspecified atom stereocenters. The standard InChI is InChI=1S/C15H19N3O2S2/c19-22(20)10-5-12(11-22)17-6-8-18(9-7-17)15-16-13-3-1-2-4-14(13)21-15/h1-4,12H,5-11H2. The van der Waals surface area contributed by atoms with Gasteiger partial charge in [0.2, 0.25) is 0 Å². The van der Waals surface area contributed by atoms with Crippen LogP contribution in [0.15, 0.2) is 24.3 Å². The first-order chi connectivity index (χ1) is 10.6. The number of anilines is 1. The highest BCUT2D eigenvalue weighted by Gasteiger charge is 2.33. The van der Waals surface area contributed by atoms with Crippen molar-refractivity contribution in [2.45, 2.75) is 12.5 Å². The van der Waals surface area contributed by atoms with Crippen molar-refractivity contribution in [3.8, 4) is 0 Å². The molecule has 2 saturated heterocycles. The van der Waals surface area contributed by atoms with Gasteiger partial charge in [0, 0.05) is 32.2 Å². The lowest BCUT2D eigenvalue weighted by Gasteiger charge is -2.37. The molecule has 1 atom stereocenters. The first-order valence-electron chi connectivity index (χ1n) is 7.66. The van der Waals surface area contributed by atoms with Crippen LogP contribution in [0.5, 0.6) is 0 Å². The zero-order valence-corrected chi connectivity index (χ0v) is 13.9. The third-order valence-electron chi connectivity index (χ3n) is 4.59. The van der Waals surface area contributed by atoms with Gasteiger partial charge < -0.3 is 4.90 Å². The monoisotopic (exact) mass is 337 g/mol. The molecule has 3 heterocycles. The second kappa shape index (κ2) is 5.47. The van der Waals surface area contributed by atoms with E-state index in [1.54, 1.807) is 11.3 Å². The van der Waals surface area contributed by atoms with Crippen molar-refractivity contribution in [3.05, 3.63) is 24.3 Å². The molecule has 118 valence electrons. The van der Waals surface area contributed by atoms with Crippen LogP contribution in [-0.4, -0.2) is 62.0 Å². The summed E-state index contributed by atoms with van der Waals surface area (Å²) >= 11 is 1.74. The van der Waals surface area contributed by atoms with Crippen molar-refractivity contribution in [3.63, 3.8) is 0 Å². The summed E-state index contributed by atoms with van der Waals surface area (Å²) in [5.41, 5.74) is 1.06. The van der Waals surface area contributed by atoms with E-state index in [1.165, 1.54) is 4.70 Å². The number of benzene rings is 1. The smallest absolute Gasteiger partial charge is 0.186 e.